The fourth-order valence-corrected chi connectivity index (χ4v) is 1.63. The van der Waals surface area contributed by atoms with Crippen LogP contribution < -0.4 is 9.47 Å². The quantitative estimate of drug-likeness (QED) is 0.373. The summed E-state index contributed by atoms with van der Waals surface area (Å²) in [6, 6.07) is 5.29. The zero-order chi connectivity index (χ0) is 15.5. The lowest BCUT2D eigenvalue weighted by molar-refractivity contribution is -0.142. The molecular weight excluding hydrogens is 276 g/mol. The zero-order valence-corrected chi connectivity index (χ0v) is 12.7. The number of carbonyl (C=O) groups excluding carboxylic acids is 1. The van der Waals surface area contributed by atoms with E-state index in [0.29, 0.717) is 31.3 Å². The van der Waals surface area contributed by atoms with Gasteiger partial charge in [0.15, 0.2) is 18.3 Å². The Morgan fingerprint density at radius 1 is 1.14 bits per heavy atom. The van der Waals surface area contributed by atoms with Crippen molar-refractivity contribution in [2.75, 3.05) is 40.8 Å². The molecule has 6 heteroatoms. The van der Waals surface area contributed by atoms with Gasteiger partial charge in [0.2, 0.25) is 0 Å². The van der Waals surface area contributed by atoms with Gasteiger partial charge in [0.25, 0.3) is 0 Å². The maximum absolute atomic E-state index is 11.4. The molecule has 6 nitrogen and oxygen atoms in total. The fraction of sp³-hybridized carbons (Fsp3) is 0.533. The van der Waals surface area contributed by atoms with Crippen molar-refractivity contribution in [1.29, 1.82) is 0 Å². The molecule has 1 rings (SSSR count). The first-order valence-electron chi connectivity index (χ1n) is 6.73. The average molecular weight is 298 g/mol. The maximum atomic E-state index is 11.4. The predicted molar refractivity (Wildman–Crippen MR) is 76.7 cm³/mol. The molecule has 0 radical (unpaired) electrons. The number of hydrogen-bond donors (Lipinski definition) is 0. The average Bonchev–Trinajstić information content (AvgIpc) is 2.48. The Kier molecular flexibility index (Phi) is 8.23. The van der Waals surface area contributed by atoms with Crippen molar-refractivity contribution in [3.05, 3.63) is 23.8 Å². The summed E-state index contributed by atoms with van der Waals surface area (Å²) in [5, 5.41) is 0. The summed E-state index contributed by atoms with van der Waals surface area (Å²) in [5.41, 5.74) is 0.804. The molecule has 0 aliphatic rings. The smallest absolute Gasteiger partial charge is 0.310 e. The van der Waals surface area contributed by atoms with E-state index in [1.54, 1.807) is 39.3 Å². The summed E-state index contributed by atoms with van der Waals surface area (Å²) >= 11 is 0. The zero-order valence-electron chi connectivity index (χ0n) is 12.7. The molecule has 0 atom stereocenters. The maximum Gasteiger partial charge on any atom is 0.310 e. The van der Waals surface area contributed by atoms with Gasteiger partial charge in [-0.2, -0.15) is 0 Å². The number of rotatable bonds is 10. The topological polar surface area (TPSA) is 63.2 Å². The fourth-order valence-electron chi connectivity index (χ4n) is 1.63. The van der Waals surface area contributed by atoms with E-state index in [1.165, 1.54) is 0 Å². The first-order chi connectivity index (χ1) is 10.2. The van der Waals surface area contributed by atoms with Gasteiger partial charge in [0, 0.05) is 7.11 Å². The Hall–Kier alpha value is -1.79. The van der Waals surface area contributed by atoms with Crippen molar-refractivity contribution in [3.8, 4) is 11.5 Å². The second-order valence-electron chi connectivity index (χ2n) is 4.13. The Balaban J connectivity index is 2.55. The minimum absolute atomic E-state index is 0.108. The molecular formula is C15H22O6. The van der Waals surface area contributed by atoms with Crippen molar-refractivity contribution in [2.24, 2.45) is 0 Å². The predicted octanol–water partition coefficient (Wildman–Crippen LogP) is 1.80. The van der Waals surface area contributed by atoms with Crippen LogP contribution >= 0.6 is 0 Å². The van der Waals surface area contributed by atoms with Crippen LogP contribution in [0.25, 0.3) is 0 Å². The van der Waals surface area contributed by atoms with Crippen molar-refractivity contribution in [1.82, 2.24) is 0 Å². The highest BCUT2D eigenvalue weighted by Crippen LogP contribution is 2.28. The molecule has 0 saturated heterocycles. The van der Waals surface area contributed by atoms with Crippen molar-refractivity contribution in [2.45, 2.75) is 13.3 Å². The first kappa shape index (κ1) is 17.3. The number of carbonyl (C=O) groups is 1. The van der Waals surface area contributed by atoms with Gasteiger partial charge in [-0.3, -0.25) is 4.79 Å². The molecule has 0 bridgehead atoms. The molecule has 0 aliphatic carbocycles. The summed E-state index contributed by atoms with van der Waals surface area (Å²) < 4.78 is 25.7. The minimum atomic E-state index is -0.267. The molecule has 0 amide bonds. The lowest BCUT2D eigenvalue weighted by Crippen LogP contribution is -2.09. The molecule has 0 aliphatic heterocycles. The summed E-state index contributed by atoms with van der Waals surface area (Å²) in [4.78, 5) is 11.4. The second kappa shape index (κ2) is 10.0. The highest BCUT2D eigenvalue weighted by molar-refractivity contribution is 5.72. The molecule has 1 aromatic rings. The SMILES string of the molecule is CCOC(=O)Cc1ccc(OCOCCOC)c(OC)c1. The second-order valence-corrected chi connectivity index (χ2v) is 4.13. The van der Waals surface area contributed by atoms with Crippen molar-refractivity contribution >= 4 is 5.97 Å². The third-order valence-corrected chi connectivity index (χ3v) is 2.61. The Morgan fingerprint density at radius 2 is 1.95 bits per heavy atom. The van der Waals surface area contributed by atoms with E-state index in [2.05, 4.69) is 0 Å². The molecule has 0 unspecified atom stereocenters. The number of methoxy groups -OCH3 is 2. The van der Waals surface area contributed by atoms with E-state index in [9.17, 15) is 4.79 Å². The van der Waals surface area contributed by atoms with Gasteiger partial charge in [0.1, 0.15) is 0 Å². The van der Waals surface area contributed by atoms with E-state index >= 15 is 0 Å². The van der Waals surface area contributed by atoms with Gasteiger partial charge in [-0.25, -0.2) is 0 Å². The first-order valence-corrected chi connectivity index (χ1v) is 6.73. The number of benzene rings is 1. The highest BCUT2D eigenvalue weighted by Gasteiger charge is 2.09. The van der Waals surface area contributed by atoms with Gasteiger partial charge in [-0.15, -0.1) is 0 Å². The van der Waals surface area contributed by atoms with E-state index in [4.69, 9.17) is 23.7 Å². The van der Waals surface area contributed by atoms with E-state index < -0.39 is 0 Å². The third kappa shape index (κ3) is 6.46. The Morgan fingerprint density at radius 3 is 2.62 bits per heavy atom. The highest BCUT2D eigenvalue weighted by atomic mass is 16.7. The van der Waals surface area contributed by atoms with Crippen molar-refractivity contribution < 1.29 is 28.5 Å². The molecule has 0 spiro atoms. The van der Waals surface area contributed by atoms with Crippen LogP contribution in [0.5, 0.6) is 11.5 Å². The van der Waals surface area contributed by atoms with Crippen LogP contribution in [-0.4, -0.2) is 46.8 Å². The lowest BCUT2D eigenvalue weighted by atomic mass is 10.1. The molecule has 0 aromatic heterocycles. The largest absolute Gasteiger partial charge is 0.493 e. The van der Waals surface area contributed by atoms with E-state index in [0.717, 1.165) is 5.56 Å². The van der Waals surface area contributed by atoms with E-state index in [1.807, 2.05) is 0 Å². The van der Waals surface area contributed by atoms with Gasteiger partial charge in [0.05, 0.1) is 33.4 Å². The number of esters is 1. The Bertz CT molecular complexity index is 432. The van der Waals surface area contributed by atoms with Gasteiger partial charge in [-0.1, -0.05) is 6.07 Å². The van der Waals surface area contributed by atoms with Crippen molar-refractivity contribution in [3.63, 3.8) is 0 Å². The summed E-state index contributed by atoms with van der Waals surface area (Å²) in [6.07, 6.45) is 0.203. The summed E-state index contributed by atoms with van der Waals surface area (Å²) in [5.74, 6) is 0.839. The normalized spacial score (nSPS) is 10.2. The van der Waals surface area contributed by atoms with Crippen LogP contribution in [0.4, 0.5) is 0 Å². The third-order valence-electron chi connectivity index (χ3n) is 2.61. The summed E-state index contributed by atoms with van der Waals surface area (Å²) in [7, 11) is 3.15. The molecule has 0 heterocycles. The lowest BCUT2D eigenvalue weighted by Gasteiger charge is -2.12. The number of ether oxygens (including phenoxy) is 5. The minimum Gasteiger partial charge on any atom is -0.493 e. The van der Waals surface area contributed by atoms with Gasteiger partial charge < -0.3 is 23.7 Å². The Labute approximate surface area is 124 Å². The van der Waals surface area contributed by atoms with Crippen LogP contribution in [0.1, 0.15) is 12.5 Å². The molecule has 0 N–H and O–H groups in total. The molecule has 118 valence electrons. The van der Waals surface area contributed by atoms with Gasteiger partial charge in [-0.05, 0) is 24.6 Å². The number of hydrogen-bond acceptors (Lipinski definition) is 6. The molecule has 1 aromatic carbocycles. The molecule has 0 fully saturated rings. The van der Waals surface area contributed by atoms with Crippen LogP contribution in [0.3, 0.4) is 0 Å². The monoisotopic (exact) mass is 298 g/mol. The van der Waals surface area contributed by atoms with E-state index in [-0.39, 0.29) is 19.2 Å². The summed E-state index contributed by atoms with van der Waals surface area (Å²) in [6.45, 7) is 3.23. The van der Waals surface area contributed by atoms with Crippen LogP contribution in [0.2, 0.25) is 0 Å². The standard InChI is InChI=1S/C15H22O6/c1-4-20-15(16)10-12-5-6-13(14(9-12)18-3)21-11-19-8-7-17-2/h5-6,9H,4,7-8,10-11H2,1-3H3. The van der Waals surface area contributed by atoms with Crippen LogP contribution in [0, 0.1) is 0 Å². The van der Waals surface area contributed by atoms with Gasteiger partial charge >= 0.3 is 5.97 Å². The molecule has 21 heavy (non-hydrogen) atoms. The van der Waals surface area contributed by atoms with Crippen LogP contribution in [0.15, 0.2) is 18.2 Å². The molecule has 0 saturated carbocycles. The van der Waals surface area contributed by atoms with Crippen LogP contribution in [-0.2, 0) is 25.4 Å².